The van der Waals surface area contributed by atoms with Gasteiger partial charge in [0.1, 0.15) is 5.15 Å². The van der Waals surface area contributed by atoms with Gasteiger partial charge in [0.05, 0.1) is 11.3 Å². The molecule has 2 rings (SSSR count). The largest absolute Gasteiger partial charge is 0.298 e. The lowest BCUT2D eigenvalue weighted by Gasteiger charge is -2.04. The van der Waals surface area contributed by atoms with Gasteiger partial charge in [0.15, 0.2) is 6.29 Å². The Labute approximate surface area is 94.4 Å². The molecule has 0 atom stereocenters. The number of aryl methyl sites for hydroxylation is 1. The van der Waals surface area contributed by atoms with E-state index in [1.165, 1.54) is 12.8 Å². The Balaban J connectivity index is 2.40. The number of hydrogen-bond acceptors (Lipinski definition) is 2. The number of aromatic nitrogens is 2. The number of halogens is 1. The van der Waals surface area contributed by atoms with E-state index in [9.17, 15) is 4.79 Å². The molecule has 1 aliphatic rings. The zero-order chi connectivity index (χ0) is 10.8. The summed E-state index contributed by atoms with van der Waals surface area (Å²) < 4.78 is 1.71. The number of hydrogen-bond donors (Lipinski definition) is 0. The van der Waals surface area contributed by atoms with Gasteiger partial charge < -0.3 is 0 Å². The predicted molar refractivity (Wildman–Crippen MR) is 59.5 cm³/mol. The fraction of sp³-hybridized carbons (Fsp3) is 0.636. The summed E-state index contributed by atoms with van der Waals surface area (Å²) >= 11 is 6.08. The van der Waals surface area contributed by atoms with E-state index in [1.807, 2.05) is 6.92 Å². The number of nitrogens with zero attached hydrogens (tertiary/aromatic N) is 2. The number of carbonyl (C=O) groups is 1. The normalized spacial score (nSPS) is 17.2. The molecule has 0 N–H and O–H groups in total. The van der Waals surface area contributed by atoms with Gasteiger partial charge in [-0.25, -0.2) is 0 Å². The SMILES string of the molecule is CCn1nc(C2CCCC2)c(C=O)c1Cl. The van der Waals surface area contributed by atoms with Crippen LogP contribution in [-0.4, -0.2) is 16.1 Å². The summed E-state index contributed by atoms with van der Waals surface area (Å²) in [4.78, 5) is 11.0. The highest BCUT2D eigenvalue weighted by molar-refractivity contribution is 6.32. The molecule has 1 aliphatic carbocycles. The molecule has 0 aliphatic heterocycles. The number of rotatable bonds is 3. The van der Waals surface area contributed by atoms with Gasteiger partial charge in [-0.2, -0.15) is 5.10 Å². The molecule has 0 unspecified atom stereocenters. The Kier molecular flexibility index (Phi) is 3.10. The van der Waals surface area contributed by atoms with E-state index >= 15 is 0 Å². The van der Waals surface area contributed by atoms with Crippen molar-refractivity contribution in [1.29, 1.82) is 0 Å². The lowest BCUT2D eigenvalue weighted by atomic mass is 10.0. The van der Waals surface area contributed by atoms with Crippen molar-refractivity contribution in [3.63, 3.8) is 0 Å². The van der Waals surface area contributed by atoms with Crippen molar-refractivity contribution in [1.82, 2.24) is 9.78 Å². The second-order valence-corrected chi connectivity index (χ2v) is 4.36. The fourth-order valence-corrected chi connectivity index (χ4v) is 2.59. The lowest BCUT2D eigenvalue weighted by molar-refractivity contribution is 0.112. The number of carbonyl (C=O) groups excluding carboxylic acids is 1. The molecule has 0 aromatic carbocycles. The van der Waals surface area contributed by atoms with Crippen molar-refractivity contribution in [3.8, 4) is 0 Å². The zero-order valence-corrected chi connectivity index (χ0v) is 9.63. The highest BCUT2D eigenvalue weighted by Crippen LogP contribution is 2.36. The highest BCUT2D eigenvalue weighted by atomic mass is 35.5. The summed E-state index contributed by atoms with van der Waals surface area (Å²) in [6.07, 6.45) is 5.59. The molecule has 0 spiro atoms. The second-order valence-electron chi connectivity index (χ2n) is 4.00. The average molecular weight is 227 g/mol. The van der Waals surface area contributed by atoms with E-state index in [0.29, 0.717) is 23.2 Å². The molecule has 1 aromatic rings. The van der Waals surface area contributed by atoms with Crippen molar-refractivity contribution < 1.29 is 4.79 Å². The molecular formula is C11H15ClN2O. The van der Waals surface area contributed by atoms with Gasteiger partial charge in [-0.05, 0) is 19.8 Å². The molecular weight excluding hydrogens is 212 g/mol. The third-order valence-corrected chi connectivity index (χ3v) is 3.51. The molecule has 1 aromatic heterocycles. The summed E-state index contributed by atoms with van der Waals surface area (Å²) in [6, 6.07) is 0. The molecule has 3 nitrogen and oxygen atoms in total. The van der Waals surface area contributed by atoms with Crippen molar-refractivity contribution in [2.24, 2.45) is 0 Å². The van der Waals surface area contributed by atoms with Gasteiger partial charge in [0.2, 0.25) is 0 Å². The van der Waals surface area contributed by atoms with Crippen molar-refractivity contribution in [2.45, 2.75) is 45.1 Å². The van der Waals surface area contributed by atoms with Crippen molar-refractivity contribution >= 4 is 17.9 Å². The molecule has 0 saturated heterocycles. The van der Waals surface area contributed by atoms with Crippen LogP contribution in [0.4, 0.5) is 0 Å². The van der Waals surface area contributed by atoms with Crippen LogP contribution >= 0.6 is 11.6 Å². The first-order chi connectivity index (χ1) is 7.27. The summed E-state index contributed by atoms with van der Waals surface area (Å²) in [7, 11) is 0. The Hall–Kier alpha value is -0.830. The first-order valence-electron chi connectivity index (χ1n) is 5.49. The summed E-state index contributed by atoms with van der Waals surface area (Å²) in [5, 5.41) is 4.93. The van der Waals surface area contributed by atoms with Crippen LogP contribution in [0, 0.1) is 0 Å². The minimum atomic E-state index is 0.440. The van der Waals surface area contributed by atoms with E-state index < -0.39 is 0 Å². The third-order valence-electron chi connectivity index (χ3n) is 3.11. The Morgan fingerprint density at radius 2 is 2.20 bits per heavy atom. The van der Waals surface area contributed by atoms with E-state index in [2.05, 4.69) is 5.10 Å². The first kappa shape index (κ1) is 10.7. The van der Waals surface area contributed by atoms with Gasteiger partial charge in [-0.3, -0.25) is 9.48 Å². The fourth-order valence-electron chi connectivity index (χ4n) is 2.29. The summed E-state index contributed by atoms with van der Waals surface area (Å²) in [5.74, 6) is 0.440. The summed E-state index contributed by atoms with van der Waals surface area (Å²) in [5.41, 5.74) is 1.51. The average Bonchev–Trinajstić information content (AvgIpc) is 2.84. The number of aldehydes is 1. The standard InChI is InChI=1S/C11H15ClN2O/c1-2-14-11(12)9(7-15)10(13-14)8-5-3-4-6-8/h7-8H,2-6H2,1H3. The van der Waals surface area contributed by atoms with Gasteiger partial charge >= 0.3 is 0 Å². The van der Waals surface area contributed by atoms with Crippen LogP contribution in [0.1, 0.15) is 54.6 Å². The molecule has 0 bridgehead atoms. The second kappa shape index (κ2) is 4.35. The van der Waals surface area contributed by atoms with Gasteiger partial charge in [-0.1, -0.05) is 24.4 Å². The highest BCUT2D eigenvalue weighted by Gasteiger charge is 2.25. The van der Waals surface area contributed by atoms with Gasteiger partial charge in [0.25, 0.3) is 0 Å². The molecule has 82 valence electrons. The smallest absolute Gasteiger partial charge is 0.155 e. The molecule has 0 amide bonds. The molecule has 4 heteroatoms. The molecule has 1 fully saturated rings. The molecule has 1 heterocycles. The van der Waals surface area contributed by atoms with Crippen LogP contribution < -0.4 is 0 Å². The van der Waals surface area contributed by atoms with E-state index in [1.54, 1.807) is 4.68 Å². The summed E-state index contributed by atoms with van der Waals surface area (Å²) in [6.45, 7) is 2.69. The van der Waals surface area contributed by atoms with Crippen molar-refractivity contribution in [2.75, 3.05) is 0 Å². The monoisotopic (exact) mass is 226 g/mol. The van der Waals surface area contributed by atoms with Crippen molar-refractivity contribution in [3.05, 3.63) is 16.4 Å². The van der Waals surface area contributed by atoms with Gasteiger partial charge in [0, 0.05) is 12.5 Å². The Morgan fingerprint density at radius 1 is 1.53 bits per heavy atom. The van der Waals surface area contributed by atoms with E-state index in [-0.39, 0.29) is 0 Å². The van der Waals surface area contributed by atoms with E-state index in [0.717, 1.165) is 24.8 Å². The van der Waals surface area contributed by atoms with Gasteiger partial charge in [-0.15, -0.1) is 0 Å². The third kappa shape index (κ3) is 1.81. The maximum absolute atomic E-state index is 11.0. The Bertz CT molecular complexity index is 367. The van der Waals surface area contributed by atoms with Crippen LogP contribution in [-0.2, 0) is 6.54 Å². The van der Waals surface area contributed by atoms with Crippen LogP contribution in [0.15, 0.2) is 0 Å². The zero-order valence-electron chi connectivity index (χ0n) is 8.87. The maximum atomic E-state index is 11.0. The first-order valence-corrected chi connectivity index (χ1v) is 5.87. The molecule has 15 heavy (non-hydrogen) atoms. The quantitative estimate of drug-likeness (QED) is 0.743. The lowest BCUT2D eigenvalue weighted by Crippen LogP contribution is -1.99. The minimum Gasteiger partial charge on any atom is -0.298 e. The van der Waals surface area contributed by atoms with Crippen LogP contribution in [0.2, 0.25) is 5.15 Å². The minimum absolute atomic E-state index is 0.440. The van der Waals surface area contributed by atoms with Crippen LogP contribution in [0.3, 0.4) is 0 Å². The van der Waals surface area contributed by atoms with Crippen LogP contribution in [0.5, 0.6) is 0 Å². The van der Waals surface area contributed by atoms with E-state index in [4.69, 9.17) is 11.6 Å². The molecule has 0 radical (unpaired) electrons. The Morgan fingerprint density at radius 3 is 2.73 bits per heavy atom. The van der Waals surface area contributed by atoms with Crippen LogP contribution in [0.25, 0.3) is 0 Å². The maximum Gasteiger partial charge on any atom is 0.155 e. The molecule has 1 saturated carbocycles. The predicted octanol–water partition coefficient (Wildman–Crippen LogP) is 3.03. The topological polar surface area (TPSA) is 34.9 Å².